The number of aromatic nitrogens is 2. The molecule has 5 nitrogen and oxygen atoms in total. The Morgan fingerprint density at radius 2 is 1.86 bits per heavy atom. The number of anilines is 3. The summed E-state index contributed by atoms with van der Waals surface area (Å²) < 4.78 is 11.5. The molecule has 1 aromatic heterocycles. The molecule has 0 aliphatic carbocycles. The smallest absolute Gasteiger partial charge is 0.136 e. The molecule has 0 saturated carbocycles. The third-order valence-electron chi connectivity index (χ3n) is 3.37. The number of hydrogen-bond donors (Lipinski definition) is 1. The predicted molar refractivity (Wildman–Crippen MR) is 86.6 cm³/mol. The van der Waals surface area contributed by atoms with E-state index >= 15 is 0 Å². The van der Waals surface area contributed by atoms with Gasteiger partial charge < -0.3 is 10.2 Å². The van der Waals surface area contributed by atoms with Crippen LogP contribution in [-0.2, 0) is 10.8 Å². The summed E-state index contributed by atoms with van der Waals surface area (Å²) in [4.78, 5) is 11.1. The van der Waals surface area contributed by atoms with Gasteiger partial charge in [0, 0.05) is 47.1 Å². The molecule has 0 atom stereocenters. The van der Waals surface area contributed by atoms with Crippen LogP contribution in [-0.4, -0.2) is 38.8 Å². The highest BCUT2D eigenvalue weighted by atomic mass is 32.2. The Kier molecular flexibility index (Phi) is 4.15. The largest absolute Gasteiger partial charge is 0.355 e. The lowest BCUT2D eigenvalue weighted by Crippen LogP contribution is -2.38. The number of benzene rings is 1. The Balaban J connectivity index is 1.81. The number of nitrogens with zero attached hydrogens (tertiary/aromatic N) is 3. The molecule has 2 aromatic rings. The van der Waals surface area contributed by atoms with Crippen molar-refractivity contribution in [1.82, 2.24) is 9.97 Å². The van der Waals surface area contributed by atoms with E-state index < -0.39 is 10.8 Å². The number of aryl methyl sites for hydroxylation is 1. The van der Waals surface area contributed by atoms with Crippen molar-refractivity contribution in [3.05, 3.63) is 42.2 Å². The SMILES string of the molecule is Cc1nc(Nc2ccccc2)cc(N2CCS(=O)CC2)n1. The number of hydrogen-bond acceptors (Lipinski definition) is 5. The van der Waals surface area contributed by atoms with E-state index in [1.165, 1.54) is 0 Å². The van der Waals surface area contributed by atoms with Crippen LogP contribution in [0, 0.1) is 6.92 Å². The Hall–Kier alpha value is -1.95. The molecule has 21 heavy (non-hydrogen) atoms. The normalized spacial score (nSPS) is 16.0. The molecule has 1 fully saturated rings. The van der Waals surface area contributed by atoms with Gasteiger partial charge in [0.15, 0.2) is 0 Å². The van der Waals surface area contributed by atoms with E-state index in [0.717, 1.165) is 36.2 Å². The van der Waals surface area contributed by atoms with Crippen LogP contribution in [0.15, 0.2) is 36.4 Å². The van der Waals surface area contributed by atoms with Crippen LogP contribution in [0.2, 0.25) is 0 Å². The summed E-state index contributed by atoms with van der Waals surface area (Å²) >= 11 is 0. The third kappa shape index (κ3) is 3.58. The van der Waals surface area contributed by atoms with Crippen molar-refractivity contribution in [1.29, 1.82) is 0 Å². The summed E-state index contributed by atoms with van der Waals surface area (Å²) in [7, 11) is -0.678. The lowest BCUT2D eigenvalue weighted by molar-refractivity contribution is 0.672. The first-order valence-corrected chi connectivity index (χ1v) is 8.47. The van der Waals surface area contributed by atoms with Crippen LogP contribution in [0.25, 0.3) is 0 Å². The molecule has 1 aliphatic rings. The summed E-state index contributed by atoms with van der Waals surface area (Å²) in [5, 5.41) is 3.30. The highest BCUT2D eigenvalue weighted by molar-refractivity contribution is 7.85. The highest BCUT2D eigenvalue weighted by Crippen LogP contribution is 2.20. The molecule has 0 radical (unpaired) electrons. The zero-order valence-corrected chi connectivity index (χ0v) is 12.8. The molecule has 110 valence electrons. The quantitative estimate of drug-likeness (QED) is 0.941. The Labute approximate surface area is 126 Å². The second kappa shape index (κ2) is 6.22. The van der Waals surface area contributed by atoms with Gasteiger partial charge in [-0.2, -0.15) is 0 Å². The Bertz CT molecular complexity index is 637. The zero-order valence-electron chi connectivity index (χ0n) is 12.0. The maximum atomic E-state index is 11.5. The fraction of sp³-hybridized carbons (Fsp3) is 0.333. The maximum absolute atomic E-state index is 11.5. The summed E-state index contributed by atoms with van der Waals surface area (Å²) in [5.41, 5.74) is 1.00. The molecule has 1 saturated heterocycles. The molecule has 1 aromatic carbocycles. The fourth-order valence-corrected chi connectivity index (χ4v) is 3.37. The molecule has 1 N–H and O–H groups in total. The van der Waals surface area contributed by atoms with E-state index in [9.17, 15) is 4.21 Å². The Morgan fingerprint density at radius 1 is 1.14 bits per heavy atom. The molecule has 6 heteroatoms. The molecule has 0 spiro atoms. The minimum atomic E-state index is -0.678. The van der Waals surface area contributed by atoms with Crippen LogP contribution >= 0.6 is 0 Å². The van der Waals surface area contributed by atoms with Gasteiger partial charge in [-0.05, 0) is 19.1 Å². The minimum Gasteiger partial charge on any atom is -0.355 e. The van der Waals surface area contributed by atoms with Gasteiger partial charge >= 0.3 is 0 Å². The molecule has 0 unspecified atom stereocenters. The third-order valence-corrected chi connectivity index (χ3v) is 4.65. The summed E-state index contributed by atoms with van der Waals surface area (Å²) in [5.74, 6) is 3.85. The number of nitrogens with one attached hydrogen (secondary N) is 1. The Morgan fingerprint density at radius 3 is 2.57 bits per heavy atom. The van der Waals surface area contributed by atoms with Crippen LogP contribution in [0.1, 0.15) is 5.82 Å². The van der Waals surface area contributed by atoms with Crippen molar-refractivity contribution in [2.45, 2.75) is 6.92 Å². The number of rotatable bonds is 3. The highest BCUT2D eigenvalue weighted by Gasteiger charge is 2.17. The summed E-state index contributed by atoms with van der Waals surface area (Å²) in [6.07, 6.45) is 0. The van der Waals surface area contributed by atoms with E-state index in [-0.39, 0.29) is 0 Å². The monoisotopic (exact) mass is 302 g/mol. The van der Waals surface area contributed by atoms with Gasteiger partial charge in [0.2, 0.25) is 0 Å². The van der Waals surface area contributed by atoms with Crippen LogP contribution in [0.4, 0.5) is 17.3 Å². The maximum Gasteiger partial charge on any atom is 0.136 e. The first kappa shape index (κ1) is 14.0. The second-order valence-electron chi connectivity index (χ2n) is 4.98. The summed E-state index contributed by atoms with van der Waals surface area (Å²) in [6, 6.07) is 11.9. The first-order chi connectivity index (χ1) is 10.2. The van der Waals surface area contributed by atoms with E-state index in [0.29, 0.717) is 11.5 Å². The summed E-state index contributed by atoms with van der Waals surface area (Å²) in [6.45, 7) is 3.46. The van der Waals surface area contributed by atoms with Crippen molar-refractivity contribution in [3.8, 4) is 0 Å². The van der Waals surface area contributed by atoms with Crippen LogP contribution < -0.4 is 10.2 Å². The molecule has 1 aliphatic heterocycles. The van der Waals surface area contributed by atoms with Crippen molar-refractivity contribution in [3.63, 3.8) is 0 Å². The van der Waals surface area contributed by atoms with Crippen molar-refractivity contribution < 1.29 is 4.21 Å². The number of para-hydroxylation sites is 1. The average Bonchev–Trinajstić information content (AvgIpc) is 2.48. The second-order valence-corrected chi connectivity index (χ2v) is 6.68. The zero-order chi connectivity index (χ0) is 14.7. The molecule has 2 heterocycles. The van der Waals surface area contributed by atoms with Gasteiger partial charge in [0.1, 0.15) is 17.5 Å². The van der Waals surface area contributed by atoms with E-state index in [1.807, 2.05) is 43.3 Å². The standard InChI is InChI=1S/C15H18N4OS/c1-12-16-14(18-13-5-3-2-4-6-13)11-15(17-12)19-7-9-21(20)10-8-19/h2-6,11H,7-10H2,1H3,(H,16,17,18). The van der Waals surface area contributed by atoms with Gasteiger partial charge in [-0.25, -0.2) is 9.97 Å². The van der Waals surface area contributed by atoms with Gasteiger partial charge in [-0.1, -0.05) is 18.2 Å². The lowest BCUT2D eigenvalue weighted by Gasteiger charge is -2.27. The van der Waals surface area contributed by atoms with Crippen LogP contribution in [0.3, 0.4) is 0 Å². The van der Waals surface area contributed by atoms with Gasteiger partial charge in [0.05, 0.1) is 0 Å². The molecule has 3 rings (SSSR count). The van der Waals surface area contributed by atoms with Gasteiger partial charge in [-0.15, -0.1) is 0 Å². The molecular formula is C15H18N4OS. The van der Waals surface area contributed by atoms with Gasteiger partial charge in [-0.3, -0.25) is 4.21 Å². The van der Waals surface area contributed by atoms with Crippen molar-refractivity contribution >= 4 is 28.1 Å². The van der Waals surface area contributed by atoms with E-state index in [1.54, 1.807) is 0 Å². The topological polar surface area (TPSA) is 58.1 Å². The van der Waals surface area contributed by atoms with Crippen molar-refractivity contribution in [2.75, 3.05) is 34.8 Å². The van der Waals surface area contributed by atoms with E-state index in [4.69, 9.17) is 0 Å². The predicted octanol–water partition coefficient (Wildman–Crippen LogP) is 2.10. The first-order valence-electron chi connectivity index (χ1n) is 6.98. The van der Waals surface area contributed by atoms with Crippen molar-refractivity contribution in [2.24, 2.45) is 0 Å². The van der Waals surface area contributed by atoms with Gasteiger partial charge in [0.25, 0.3) is 0 Å². The lowest BCUT2D eigenvalue weighted by atomic mass is 10.3. The fourth-order valence-electron chi connectivity index (χ4n) is 2.31. The molecule has 0 amide bonds. The average molecular weight is 302 g/mol. The molecular weight excluding hydrogens is 284 g/mol. The van der Waals surface area contributed by atoms with E-state index in [2.05, 4.69) is 20.2 Å². The molecule has 0 bridgehead atoms. The van der Waals surface area contributed by atoms with Crippen LogP contribution in [0.5, 0.6) is 0 Å². The minimum absolute atomic E-state index is 0.678.